The standard InChI is InChI=1S/C15H23NO/c1-4-16(5-2)15(12-13-17-6-3)14-10-8-7-9-11-14/h7-12H,4-6,13H2,1-3H3/b15-12-. The maximum Gasteiger partial charge on any atom is 0.0670 e. The summed E-state index contributed by atoms with van der Waals surface area (Å²) < 4.78 is 5.42. The predicted octanol–water partition coefficient (Wildman–Crippen LogP) is 3.41. The highest BCUT2D eigenvalue weighted by molar-refractivity contribution is 5.64. The van der Waals surface area contributed by atoms with Gasteiger partial charge in [0.25, 0.3) is 0 Å². The smallest absolute Gasteiger partial charge is 0.0670 e. The molecule has 0 amide bonds. The maximum absolute atomic E-state index is 5.42. The second kappa shape index (κ2) is 7.91. The van der Waals surface area contributed by atoms with Crippen molar-refractivity contribution in [3.8, 4) is 0 Å². The first-order valence-corrected chi connectivity index (χ1v) is 6.41. The highest BCUT2D eigenvalue weighted by atomic mass is 16.5. The molecule has 0 fully saturated rings. The molecule has 0 spiro atoms. The summed E-state index contributed by atoms with van der Waals surface area (Å²) in [6, 6.07) is 10.5. The molecule has 0 N–H and O–H groups in total. The van der Waals surface area contributed by atoms with Crippen LogP contribution in [0.25, 0.3) is 5.70 Å². The molecule has 0 aromatic heterocycles. The van der Waals surface area contributed by atoms with E-state index in [0.29, 0.717) is 6.61 Å². The lowest BCUT2D eigenvalue weighted by Gasteiger charge is -2.25. The SMILES string of the molecule is CCOC/C=C(/c1ccccc1)N(CC)CC. The Morgan fingerprint density at radius 3 is 2.29 bits per heavy atom. The van der Waals surface area contributed by atoms with E-state index in [1.54, 1.807) is 0 Å². The molecule has 0 radical (unpaired) electrons. The van der Waals surface area contributed by atoms with E-state index in [0.717, 1.165) is 19.7 Å². The predicted molar refractivity (Wildman–Crippen MR) is 73.8 cm³/mol. The molecule has 0 aliphatic carbocycles. The third kappa shape index (κ3) is 4.23. The highest BCUT2D eigenvalue weighted by Crippen LogP contribution is 2.18. The molecule has 0 bridgehead atoms. The summed E-state index contributed by atoms with van der Waals surface area (Å²) in [5, 5.41) is 0. The first kappa shape index (κ1) is 13.8. The minimum absolute atomic E-state index is 0.678. The highest BCUT2D eigenvalue weighted by Gasteiger charge is 2.07. The Morgan fingerprint density at radius 2 is 1.76 bits per heavy atom. The van der Waals surface area contributed by atoms with Crippen molar-refractivity contribution in [1.29, 1.82) is 0 Å². The molecule has 17 heavy (non-hydrogen) atoms. The van der Waals surface area contributed by atoms with E-state index >= 15 is 0 Å². The lowest BCUT2D eigenvalue weighted by Crippen LogP contribution is -2.21. The van der Waals surface area contributed by atoms with Gasteiger partial charge in [-0.05, 0) is 32.4 Å². The van der Waals surface area contributed by atoms with Gasteiger partial charge in [0, 0.05) is 25.4 Å². The number of hydrogen-bond donors (Lipinski definition) is 0. The van der Waals surface area contributed by atoms with Crippen molar-refractivity contribution in [2.24, 2.45) is 0 Å². The monoisotopic (exact) mass is 233 g/mol. The van der Waals surface area contributed by atoms with Gasteiger partial charge in [-0.15, -0.1) is 0 Å². The number of rotatable bonds is 7. The fourth-order valence-corrected chi connectivity index (χ4v) is 1.86. The summed E-state index contributed by atoms with van der Waals surface area (Å²) in [6.45, 7) is 9.86. The van der Waals surface area contributed by atoms with Crippen molar-refractivity contribution in [1.82, 2.24) is 4.90 Å². The minimum Gasteiger partial charge on any atom is -0.378 e. The van der Waals surface area contributed by atoms with E-state index < -0.39 is 0 Å². The molecule has 2 heteroatoms. The Labute approximate surface area is 105 Å². The van der Waals surface area contributed by atoms with Gasteiger partial charge < -0.3 is 9.64 Å². The van der Waals surface area contributed by atoms with Gasteiger partial charge in [0.2, 0.25) is 0 Å². The second-order valence-corrected chi connectivity index (χ2v) is 3.79. The van der Waals surface area contributed by atoms with E-state index in [9.17, 15) is 0 Å². The normalized spacial score (nSPS) is 11.6. The Balaban J connectivity index is 2.89. The van der Waals surface area contributed by atoms with Crippen LogP contribution in [0.3, 0.4) is 0 Å². The fourth-order valence-electron chi connectivity index (χ4n) is 1.86. The van der Waals surface area contributed by atoms with Gasteiger partial charge in [0.05, 0.1) is 6.61 Å². The lowest BCUT2D eigenvalue weighted by molar-refractivity contribution is 0.177. The first-order chi connectivity index (χ1) is 8.33. The molecule has 94 valence electrons. The second-order valence-electron chi connectivity index (χ2n) is 3.79. The largest absolute Gasteiger partial charge is 0.378 e. The van der Waals surface area contributed by atoms with Crippen LogP contribution in [0.5, 0.6) is 0 Å². The van der Waals surface area contributed by atoms with Crippen LogP contribution in [0, 0.1) is 0 Å². The molecular weight excluding hydrogens is 210 g/mol. The molecule has 1 rings (SSSR count). The van der Waals surface area contributed by atoms with Crippen LogP contribution >= 0.6 is 0 Å². The average molecular weight is 233 g/mol. The summed E-state index contributed by atoms with van der Waals surface area (Å²) in [7, 11) is 0. The summed E-state index contributed by atoms with van der Waals surface area (Å²) in [5.41, 5.74) is 2.53. The van der Waals surface area contributed by atoms with Crippen molar-refractivity contribution >= 4 is 5.70 Å². The average Bonchev–Trinajstić information content (AvgIpc) is 2.39. The molecule has 0 saturated carbocycles. The van der Waals surface area contributed by atoms with Gasteiger partial charge in [-0.1, -0.05) is 30.3 Å². The summed E-state index contributed by atoms with van der Waals surface area (Å²) in [6.07, 6.45) is 2.17. The Morgan fingerprint density at radius 1 is 1.12 bits per heavy atom. The lowest BCUT2D eigenvalue weighted by atomic mass is 10.1. The van der Waals surface area contributed by atoms with Crippen molar-refractivity contribution in [2.45, 2.75) is 20.8 Å². The quantitative estimate of drug-likeness (QED) is 0.669. The number of nitrogens with zero attached hydrogens (tertiary/aromatic N) is 1. The molecule has 2 nitrogen and oxygen atoms in total. The summed E-state index contributed by atoms with van der Waals surface area (Å²) in [4.78, 5) is 2.36. The van der Waals surface area contributed by atoms with E-state index in [2.05, 4.69) is 49.1 Å². The molecule has 1 aromatic rings. The van der Waals surface area contributed by atoms with Crippen LogP contribution < -0.4 is 0 Å². The molecule has 0 heterocycles. The van der Waals surface area contributed by atoms with Crippen molar-refractivity contribution in [3.63, 3.8) is 0 Å². The molecular formula is C15H23NO. The molecule has 0 aliphatic heterocycles. The zero-order valence-corrected chi connectivity index (χ0v) is 11.1. The van der Waals surface area contributed by atoms with Gasteiger partial charge in [-0.2, -0.15) is 0 Å². The minimum atomic E-state index is 0.678. The van der Waals surface area contributed by atoms with Crippen LogP contribution in [0.2, 0.25) is 0 Å². The van der Waals surface area contributed by atoms with Crippen LogP contribution in [-0.4, -0.2) is 31.2 Å². The van der Waals surface area contributed by atoms with Gasteiger partial charge in [-0.25, -0.2) is 0 Å². The Bertz CT molecular complexity index is 328. The van der Waals surface area contributed by atoms with Crippen LogP contribution in [0.4, 0.5) is 0 Å². The third-order valence-corrected chi connectivity index (χ3v) is 2.77. The van der Waals surface area contributed by atoms with Gasteiger partial charge in [0.15, 0.2) is 0 Å². The molecule has 0 unspecified atom stereocenters. The molecule has 1 aromatic carbocycles. The zero-order valence-electron chi connectivity index (χ0n) is 11.1. The Kier molecular flexibility index (Phi) is 6.41. The van der Waals surface area contributed by atoms with Crippen molar-refractivity contribution in [2.75, 3.05) is 26.3 Å². The van der Waals surface area contributed by atoms with E-state index in [1.165, 1.54) is 11.3 Å². The molecule has 0 saturated heterocycles. The van der Waals surface area contributed by atoms with Crippen molar-refractivity contribution in [3.05, 3.63) is 42.0 Å². The van der Waals surface area contributed by atoms with Crippen LogP contribution in [0.1, 0.15) is 26.3 Å². The van der Waals surface area contributed by atoms with Crippen molar-refractivity contribution < 1.29 is 4.74 Å². The van der Waals surface area contributed by atoms with Crippen LogP contribution in [-0.2, 0) is 4.74 Å². The number of ether oxygens (including phenoxy) is 1. The third-order valence-electron chi connectivity index (χ3n) is 2.77. The van der Waals surface area contributed by atoms with Gasteiger partial charge >= 0.3 is 0 Å². The first-order valence-electron chi connectivity index (χ1n) is 6.41. The summed E-state index contributed by atoms with van der Waals surface area (Å²) in [5.74, 6) is 0. The van der Waals surface area contributed by atoms with Gasteiger partial charge in [-0.3, -0.25) is 0 Å². The topological polar surface area (TPSA) is 12.5 Å². The van der Waals surface area contributed by atoms with E-state index in [4.69, 9.17) is 4.74 Å². The fraction of sp³-hybridized carbons (Fsp3) is 0.467. The van der Waals surface area contributed by atoms with E-state index in [-0.39, 0.29) is 0 Å². The number of benzene rings is 1. The molecule has 0 atom stereocenters. The van der Waals surface area contributed by atoms with Crippen LogP contribution in [0.15, 0.2) is 36.4 Å². The maximum atomic E-state index is 5.42. The number of hydrogen-bond acceptors (Lipinski definition) is 2. The van der Waals surface area contributed by atoms with E-state index in [1.807, 2.05) is 13.0 Å². The zero-order chi connectivity index (χ0) is 12.5. The van der Waals surface area contributed by atoms with Gasteiger partial charge in [0.1, 0.15) is 0 Å². The Hall–Kier alpha value is -1.28. The summed E-state index contributed by atoms with van der Waals surface area (Å²) >= 11 is 0. The molecule has 0 aliphatic rings.